The summed E-state index contributed by atoms with van der Waals surface area (Å²) >= 11 is 0. The molecule has 26 heteroatoms. The van der Waals surface area contributed by atoms with E-state index in [1.165, 1.54) is 31.0 Å². The van der Waals surface area contributed by atoms with Crippen molar-refractivity contribution >= 4 is 52.4 Å². The first-order chi connectivity index (χ1) is 42.9. The number of nitrogens with two attached hydrogens (primary N) is 2. The number of anilines is 2. The average molecular weight is 1190 g/mol. The minimum atomic E-state index is -0.352. The zero-order valence-electron chi connectivity index (χ0n) is 48.7. The standard InChI is InChI=1S/C35H36N10O4.C27H30N10O2/c1-20(46)29-30(23-14-24-10-11-25(15-23)44(24)34(47)32-38-19-39-42-32)41-33-26(17-40-45(33)31(29)36)22-9-12-27(37-16-22)28-8-5-13-43(28)35(48)49-18-21-6-3-2-4-7-21;1-14(38)22-23(16-9-17-5-6-18(10-16)36(17)27(39)25-31-13-32-35-25)34-26-19(12-33-37(26)24(22)28)15-4-7-21(30-11-15)20-3-2-8-29-20/h2-4,6-7,9,12,16-17,19,23-25,28H,5,8,10-11,13-15,18,36H2,1H3,(H,38,39,42);4,7,11-13,16-18,20,29H,2-3,5-6,8-10,28H2,1H3,(H,31,32,35)/t23?,24-,25+,28?;16?,17-,18+,20?. The molecule has 6 fully saturated rings. The van der Waals surface area contributed by atoms with Crippen LogP contribution < -0.4 is 16.8 Å². The van der Waals surface area contributed by atoms with Gasteiger partial charge in [-0.05, 0) is 115 Å². The fourth-order valence-electron chi connectivity index (χ4n) is 14.7. The first-order valence-electron chi connectivity index (χ1n) is 30.2. The monoisotopic (exact) mass is 1190 g/mol. The Morgan fingerprint density at radius 2 is 1.10 bits per heavy atom. The van der Waals surface area contributed by atoms with E-state index in [1.807, 2.05) is 64.5 Å². The number of hydrogen-bond donors (Lipinski definition) is 5. The van der Waals surface area contributed by atoms with Gasteiger partial charge in [0, 0.05) is 83.2 Å². The van der Waals surface area contributed by atoms with Crippen LogP contribution >= 0.6 is 0 Å². The number of ether oxygens (including phenoxy) is 1. The molecule has 6 aliphatic rings. The molecule has 1 aromatic carbocycles. The molecule has 14 heterocycles. The van der Waals surface area contributed by atoms with Gasteiger partial charge in [-0.3, -0.25) is 44.2 Å². The third-order valence-electron chi connectivity index (χ3n) is 18.7. The number of aromatic nitrogens is 14. The molecule has 450 valence electrons. The van der Waals surface area contributed by atoms with Crippen LogP contribution in [0.2, 0.25) is 0 Å². The third kappa shape index (κ3) is 10.1. The highest BCUT2D eigenvalue weighted by molar-refractivity contribution is 6.01. The summed E-state index contributed by atoms with van der Waals surface area (Å²) in [7, 11) is 0. The summed E-state index contributed by atoms with van der Waals surface area (Å²) in [6.45, 7) is 4.85. The number of piperidine rings is 2. The number of nitrogen functional groups attached to an aromatic ring is 2. The zero-order chi connectivity index (χ0) is 60.3. The highest BCUT2D eigenvalue weighted by atomic mass is 16.6. The fourth-order valence-corrected chi connectivity index (χ4v) is 14.7. The zero-order valence-corrected chi connectivity index (χ0v) is 48.7. The first-order valence-corrected chi connectivity index (χ1v) is 30.2. The van der Waals surface area contributed by atoms with Gasteiger partial charge >= 0.3 is 6.09 Å². The minimum Gasteiger partial charge on any atom is -0.445 e. The Kier molecular flexibility index (Phi) is 14.7. The SMILES string of the molecule is CC(=O)c1c(C2C[C@H]3CC[C@@H](C2)N3C(=O)c2ncn[nH]2)nc2c(-c3ccc(C4CCCN4)nc3)cnn2c1N.CC(=O)c1c(C2C[C@H]3CC[C@@H](C2)N3C(=O)c2ncn[nH]2)nc2c(-c3ccc(C4CCCN4C(=O)OCc4ccccc4)nc3)cnn2c1N. The number of ketones is 2. The second kappa shape index (κ2) is 23.1. The maximum atomic E-state index is 13.2. The summed E-state index contributed by atoms with van der Waals surface area (Å²) in [5, 5.41) is 25.6. The quantitative estimate of drug-likeness (QED) is 0.0744. The molecule has 8 aromatic heterocycles. The molecule has 6 saturated heterocycles. The van der Waals surface area contributed by atoms with Gasteiger partial charge in [0.1, 0.15) is 30.9 Å². The Morgan fingerprint density at radius 3 is 1.55 bits per heavy atom. The summed E-state index contributed by atoms with van der Waals surface area (Å²) in [6, 6.07) is 17.8. The summed E-state index contributed by atoms with van der Waals surface area (Å²) in [4.78, 5) is 98.6. The summed E-state index contributed by atoms with van der Waals surface area (Å²) < 4.78 is 8.69. The Balaban J connectivity index is 0.000000159. The number of nitrogens with zero attached hydrogens (tertiary/aromatic N) is 15. The molecule has 6 aliphatic heterocycles. The van der Waals surface area contributed by atoms with Crippen molar-refractivity contribution in [3.63, 3.8) is 0 Å². The van der Waals surface area contributed by atoms with Crippen molar-refractivity contribution < 1.29 is 28.7 Å². The maximum absolute atomic E-state index is 13.2. The predicted octanol–water partition coefficient (Wildman–Crippen LogP) is 7.39. The van der Waals surface area contributed by atoms with Crippen molar-refractivity contribution in [1.82, 2.24) is 89.5 Å². The van der Waals surface area contributed by atoms with Crippen molar-refractivity contribution in [2.24, 2.45) is 0 Å². The number of pyridine rings is 2. The van der Waals surface area contributed by atoms with Gasteiger partial charge in [0.15, 0.2) is 22.9 Å². The van der Waals surface area contributed by atoms with Crippen LogP contribution in [0.5, 0.6) is 0 Å². The number of aromatic amines is 2. The van der Waals surface area contributed by atoms with Gasteiger partial charge in [-0.15, -0.1) is 0 Å². The van der Waals surface area contributed by atoms with E-state index in [-0.39, 0.29) is 95.6 Å². The molecule has 3 amide bonds. The van der Waals surface area contributed by atoms with Crippen molar-refractivity contribution in [3.8, 4) is 22.3 Å². The Bertz CT molecular complexity index is 4080. The van der Waals surface area contributed by atoms with Crippen molar-refractivity contribution in [2.75, 3.05) is 24.6 Å². The van der Waals surface area contributed by atoms with Gasteiger partial charge in [0.2, 0.25) is 11.6 Å². The number of fused-ring (bicyclic) bond motifs is 6. The smallest absolute Gasteiger partial charge is 0.410 e. The van der Waals surface area contributed by atoms with Gasteiger partial charge in [-0.1, -0.05) is 42.5 Å². The van der Waals surface area contributed by atoms with Crippen LogP contribution in [-0.2, 0) is 11.3 Å². The van der Waals surface area contributed by atoms with E-state index in [0.29, 0.717) is 77.9 Å². The molecule has 9 aromatic rings. The number of H-pyrrole nitrogens is 2. The summed E-state index contributed by atoms with van der Waals surface area (Å²) in [5.74, 6) is 0.336. The van der Waals surface area contributed by atoms with E-state index in [9.17, 15) is 24.0 Å². The normalized spacial score (nSPS) is 23.0. The molecular formula is C62H66N20O6. The number of hydrogen-bond acceptors (Lipinski definition) is 19. The number of carbonyl (C=O) groups is 5. The number of amides is 3. The second-order valence-corrected chi connectivity index (χ2v) is 23.9. The first kappa shape index (κ1) is 56.0. The molecule has 0 saturated carbocycles. The number of rotatable bonds is 12. The van der Waals surface area contributed by atoms with E-state index in [1.54, 1.807) is 28.0 Å². The van der Waals surface area contributed by atoms with Crippen LogP contribution in [0.4, 0.5) is 16.4 Å². The summed E-state index contributed by atoms with van der Waals surface area (Å²) in [6.07, 6.45) is 19.5. The van der Waals surface area contributed by atoms with Crippen molar-refractivity contribution in [2.45, 2.75) is 146 Å². The van der Waals surface area contributed by atoms with E-state index in [2.05, 4.69) is 51.9 Å². The number of likely N-dealkylation sites (tertiary alicyclic amines) is 1. The van der Waals surface area contributed by atoms with Crippen LogP contribution in [0.3, 0.4) is 0 Å². The maximum Gasteiger partial charge on any atom is 0.410 e. The van der Waals surface area contributed by atoms with E-state index >= 15 is 0 Å². The van der Waals surface area contributed by atoms with Gasteiger partial charge in [0.05, 0.1) is 52.3 Å². The molecule has 7 N–H and O–H groups in total. The predicted molar refractivity (Wildman–Crippen MR) is 319 cm³/mol. The van der Waals surface area contributed by atoms with Gasteiger partial charge in [-0.2, -0.15) is 29.4 Å². The van der Waals surface area contributed by atoms with E-state index < -0.39 is 0 Å². The highest BCUT2D eigenvalue weighted by Crippen LogP contribution is 2.47. The molecule has 0 radical (unpaired) electrons. The molecule has 8 atom stereocenters. The minimum absolute atomic E-state index is 0.00712. The Labute approximate surface area is 504 Å². The number of nitrogens with one attached hydrogen (secondary N) is 3. The molecule has 4 unspecified atom stereocenters. The van der Waals surface area contributed by atoms with Crippen LogP contribution in [-0.4, -0.2) is 151 Å². The van der Waals surface area contributed by atoms with Crippen molar-refractivity contribution in [3.05, 3.63) is 143 Å². The Hall–Kier alpha value is -9.85. The molecule has 0 spiro atoms. The molecule has 4 bridgehead atoms. The Morgan fingerprint density at radius 1 is 0.591 bits per heavy atom. The van der Waals surface area contributed by atoms with Crippen molar-refractivity contribution in [1.29, 1.82) is 0 Å². The number of benzene rings is 1. The highest BCUT2D eigenvalue weighted by Gasteiger charge is 2.48. The lowest BCUT2D eigenvalue weighted by atomic mass is 9.85. The van der Waals surface area contributed by atoms with E-state index in [0.717, 1.165) is 97.1 Å². The van der Waals surface area contributed by atoms with E-state index in [4.69, 9.17) is 36.1 Å². The van der Waals surface area contributed by atoms with Gasteiger partial charge < -0.3 is 31.3 Å². The molecular weight excluding hydrogens is 1120 g/mol. The van der Waals surface area contributed by atoms with Crippen LogP contribution in [0.15, 0.2) is 92.0 Å². The number of carbonyl (C=O) groups excluding carboxylic acids is 5. The lowest BCUT2D eigenvalue weighted by Gasteiger charge is -2.38. The molecule has 26 nitrogen and oxygen atoms in total. The largest absolute Gasteiger partial charge is 0.445 e. The molecule has 0 aliphatic carbocycles. The molecule has 88 heavy (non-hydrogen) atoms. The summed E-state index contributed by atoms with van der Waals surface area (Å²) in [5.41, 5.74) is 22.5. The van der Waals surface area contributed by atoms with Gasteiger partial charge in [0.25, 0.3) is 11.8 Å². The third-order valence-corrected chi connectivity index (χ3v) is 18.7. The van der Waals surface area contributed by atoms with Gasteiger partial charge in [-0.25, -0.2) is 24.7 Å². The lowest BCUT2D eigenvalue weighted by molar-refractivity contribution is 0.0549. The lowest BCUT2D eigenvalue weighted by Crippen LogP contribution is -2.46. The van der Waals surface area contributed by atoms with Crippen LogP contribution in [0.1, 0.15) is 185 Å². The topological polar surface area (TPSA) is 338 Å². The second-order valence-electron chi connectivity index (χ2n) is 23.9. The van der Waals surface area contributed by atoms with Crippen LogP contribution in [0, 0.1) is 0 Å². The average Bonchev–Trinajstić information content (AvgIpc) is 1.67. The molecule has 15 rings (SSSR count). The number of Topliss-reactive ketones (excluding diaryl/α,β-unsaturated/α-hetero) is 2. The van der Waals surface area contributed by atoms with Crippen LogP contribution in [0.25, 0.3) is 33.5 Å². The fraction of sp³-hybridized carbons (Fsp3) is 0.403.